The number of carbonyl (C=O) groups excluding carboxylic acids is 2. The second-order valence-electron chi connectivity index (χ2n) is 9.69. The number of nitrogens with zero attached hydrogens (tertiary/aromatic N) is 1. The molecule has 4 aromatic rings. The maximum absolute atomic E-state index is 13.1. The third-order valence-corrected chi connectivity index (χ3v) is 5.53. The van der Waals surface area contributed by atoms with Crippen LogP contribution in [0.1, 0.15) is 42.5 Å². The molecule has 4 rings (SSSR count). The van der Waals surface area contributed by atoms with Gasteiger partial charge in [0.15, 0.2) is 5.82 Å². The smallest absolute Gasteiger partial charge is 0.359 e. The number of alkyl halides is 3. The predicted molar refractivity (Wildman–Crippen MR) is 143 cm³/mol. The highest BCUT2D eigenvalue weighted by atomic mass is 19.4. The van der Waals surface area contributed by atoms with Gasteiger partial charge in [-0.05, 0) is 54.6 Å². The Morgan fingerprint density at radius 2 is 1.44 bits per heavy atom. The SMILES string of the molecule is CC(C)(C)c1cc(NC(=O)Nc2ccc(NC(=O)c3ccccc3Nc3cccc(C(F)(F)F)c3)cc2)no1. The van der Waals surface area contributed by atoms with Crippen LogP contribution < -0.4 is 21.3 Å². The Kier molecular flexibility index (Phi) is 7.61. The second-order valence-corrected chi connectivity index (χ2v) is 9.69. The van der Waals surface area contributed by atoms with Crippen LogP contribution in [0.3, 0.4) is 0 Å². The number of aromatic nitrogens is 1. The van der Waals surface area contributed by atoms with Crippen molar-refractivity contribution >= 4 is 40.5 Å². The topological polar surface area (TPSA) is 108 Å². The number of benzene rings is 3. The van der Waals surface area contributed by atoms with E-state index in [1.807, 2.05) is 20.8 Å². The highest BCUT2D eigenvalue weighted by Gasteiger charge is 2.30. The van der Waals surface area contributed by atoms with E-state index in [9.17, 15) is 22.8 Å². The summed E-state index contributed by atoms with van der Waals surface area (Å²) in [4.78, 5) is 25.3. The number of hydrogen-bond donors (Lipinski definition) is 4. The van der Waals surface area contributed by atoms with E-state index in [0.717, 1.165) is 12.1 Å². The molecule has 0 aliphatic rings. The lowest BCUT2D eigenvalue weighted by atomic mass is 9.93. The summed E-state index contributed by atoms with van der Waals surface area (Å²) in [6.07, 6.45) is -4.48. The van der Waals surface area contributed by atoms with Gasteiger partial charge in [0.2, 0.25) is 0 Å². The van der Waals surface area contributed by atoms with Gasteiger partial charge in [-0.2, -0.15) is 13.2 Å². The van der Waals surface area contributed by atoms with Crippen molar-refractivity contribution in [1.29, 1.82) is 0 Å². The minimum absolute atomic E-state index is 0.194. The highest BCUT2D eigenvalue weighted by Crippen LogP contribution is 2.32. The molecule has 0 saturated carbocycles. The largest absolute Gasteiger partial charge is 0.416 e. The average Bonchev–Trinajstić information content (AvgIpc) is 3.34. The molecule has 0 aliphatic carbocycles. The number of nitrogens with one attached hydrogen (secondary N) is 4. The number of rotatable bonds is 6. The Morgan fingerprint density at radius 1 is 0.769 bits per heavy atom. The Morgan fingerprint density at radius 3 is 2.08 bits per heavy atom. The number of hydrogen-bond acceptors (Lipinski definition) is 5. The van der Waals surface area contributed by atoms with Crippen molar-refractivity contribution in [3.05, 3.63) is 95.7 Å². The molecule has 11 heteroatoms. The van der Waals surface area contributed by atoms with Crippen LogP contribution in [0.25, 0.3) is 0 Å². The van der Waals surface area contributed by atoms with Crippen molar-refractivity contribution in [2.45, 2.75) is 32.4 Å². The van der Waals surface area contributed by atoms with E-state index in [-0.39, 0.29) is 22.5 Å². The van der Waals surface area contributed by atoms with E-state index in [4.69, 9.17) is 4.52 Å². The zero-order chi connectivity index (χ0) is 28.2. The Bertz CT molecular complexity index is 1470. The summed E-state index contributed by atoms with van der Waals surface area (Å²) in [7, 11) is 0. The molecular formula is C28H26F3N5O3. The molecule has 0 aliphatic heterocycles. The first-order valence-corrected chi connectivity index (χ1v) is 11.9. The van der Waals surface area contributed by atoms with Crippen LogP contribution in [0.2, 0.25) is 0 Å². The van der Waals surface area contributed by atoms with Crippen LogP contribution in [0, 0.1) is 0 Å². The van der Waals surface area contributed by atoms with Gasteiger partial charge in [-0.15, -0.1) is 0 Å². The molecule has 1 aromatic heterocycles. The second kappa shape index (κ2) is 10.9. The Hall–Kier alpha value is -4.80. The molecular weight excluding hydrogens is 511 g/mol. The normalized spacial score (nSPS) is 11.5. The summed E-state index contributed by atoms with van der Waals surface area (Å²) >= 11 is 0. The van der Waals surface area contributed by atoms with Crippen LogP contribution in [0.15, 0.2) is 83.4 Å². The summed E-state index contributed by atoms with van der Waals surface area (Å²) < 4.78 is 44.4. The van der Waals surface area contributed by atoms with Gasteiger partial charge in [-0.3, -0.25) is 10.1 Å². The van der Waals surface area contributed by atoms with Gasteiger partial charge in [0.1, 0.15) is 5.76 Å². The van der Waals surface area contributed by atoms with E-state index in [1.165, 1.54) is 12.1 Å². The van der Waals surface area contributed by atoms with Gasteiger partial charge < -0.3 is 20.5 Å². The lowest BCUT2D eigenvalue weighted by Crippen LogP contribution is -2.19. The van der Waals surface area contributed by atoms with E-state index in [2.05, 4.69) is 26.4 Å². The van der Waals surface area contributed by atoms with Crippen molar-refractivity contribution in [2.24, 2.45) is 0 Å². The number of carbonyl (C=O) groups is 2. The molecule has 0 radical (unpaired) electrons. The van der Waals surface area contributed by atoms with Gasteiger partial charge in [0.05, 0.1) is 16.8 Å². The van der Waals surface area contributed by atoms with E-state index >= 15 is 0 Å². The monoisotopic (exact) mass is 537 g/mol. The fourth-order valence-electron chi connectivity index (χ4n) is 3.52. The molecule has 0 unspecified atom stereocenters. The van der Waals surface area contributed by atoms with Gasteiger partial charge in [-0.25, -0.2) is 4.79 Å². The summed E-state index contributed by atoms with van der Waals surface area (Å²) in [5, 5.41) is 14.7. The van der Waals surface area contributed by atoms with Crippen LogP contribution in [-0.4, -0.2) is 17.1 Å². The zero-order valence-corrected chi connectivity index (χ0v) is 21.3. The lowest BCUT2D eigenvalue weighted by Gasteiger charge is -2.14. The molecule has 0 atom stereocenters. The van der Waals surface area contributed by atoms with Crippen LogP contribution in [0.4, 0.5) is 46.5 Å². The summed E-state index contributed by atoms with van der Waals surface area (Å²) in [6, 6.07) is 18.7. The molecule has 39 heavy (non-hydrogen) atoms. The first-order chi connectivity index (χ1) is 18.4. The predicted octanol–water partition coefficient (Wildman–Crippen LogP) is 7.63. The van der Waals surface area contributed by atoms with Gasteiger partial charge >= 0.3 is 12.2 Å². The quantitative estimate of drug-likeness (QED) is 0.202. The van der Waals surface area contributed by atoms with Gasteiger partial charge in [-0.1, -0.05) is 44.1 Å². The van der Waals surface area contributed by atoms with Crippen LogP contribution in [-0.2, 0) is 11.6 Å². The first-order valence-electron chi connectivity index (χ1n) is 11.9. The molecule has 0 fully saturated rings. The standard InChI is InChI=1S/C28H26F3N5O3/c1-27(2,3)23-16-24(36-39-23)35-26(38)34-19-13-11-18(12-14-19)33-25(37)21-9-4-5-10-22(21)32-20-8-6-7-17(15-20)28(29,30)31/h4-16,32H,1-3H3,(H,33,37)(H2,34,35,36,38). The lowest BCUT2D eigenvalue weighted by molar-refractivity contribution is -0.137. The molecule has 3 aromatic carbocycles. The molecule has 4 N–H and O–H groups in total. The molecule has 3 amide bonds. The maximum atomic E-state index is 13.1. The van der Waals surface area contributed by atoms with E-state index in [1.54, 1.807) is 54.6 Å². The van der Waals surface area contributed by atoms with Crippen molar-refractivity contribution in [3.8, 4) is 0 Å². The number of anilines is 5. The third-order valence-electron chi connectivity index (χ3n) is 5.53. The van der Waals surface area contributed by atoms with Gasteiger partial charge in [0.25, 0.3) is 5.91 Å². The van der Waals surface area contributed by atoms with Crippen molar-refractivity contribution < 1.29 is 27.3 Å². The molecule has 202 valence electrons. The van der Waals surface area contributed by atoms with E-state index < -0.39 is 23.7 Å². The zero-order valence-electron chi connectivity index (χ0n) is 21.3. The summed E-state index contributed by atoms with van der Waals surface area (Å²) in [5.74, 6) is 0.437. The minimum Gasteiger partial charge on any atom is -0.359 e. The Labute approximate surface area is 222 Å². The fraction of sp³-hybridized carbons (Fsp3) is 0.179. The minimum atomic E-state index is -4.48. The van der Waals surface area contributed by atoms with Crippen LogP contribution >= 0.6 is 0 Å². The van der Waals surface area contributed by atoms with Crippen molar-refractivity contribution in [1.82, 2.24) is 5.16 Å². The number of para-hydroxylation sites is 1. The highest BCUT2D eigenvalue weighted by molar-refractivity contribution is 6.08. The summed E-state index contributed by atoms with van der Waals surface area (Å²) in [5.41, 5.74) is 0.637. The average molecular weight is 538 g/mol. The number of urea groups is 1. The van der Waals surface area contributed by atoms with Gasteiger partial charge in [0, 0.05) is 28.5 Å². The van der Waals surface area contributed by atoms with Crippen molar-refractivity contribution in [2.75, 3.05) is 21.3 Å². The summed E-state index contributed by atoms with van der Waals surface area (Å²) in [6.45, 7) is 5.88. The molecule has 0 bridgehead atoms. The molecule has 8 nitrogen and oxygen atoms in total. The molecule has 0 saturated heterocycles. The first kappa shape index (κ1) is 27.2. The number of halogens is 3. The Balaban J connectivity index is 1.38. The number of amides is 3. The fourth-order valence-corrected chi connectivity index (χ4v) is 3.52. The van der Waals surface area contributed by atoms with E-state index in [0.29, 0.717) is 22.8 Å². The molecule has 1 heterocycles. The maximum Gasteiger partial charge on any atom is 0.416 e. The third kappa shape index (κ3) is 7.16. The molecule has 0 spiro atoms. The van der Waals surface area contributed by atoms with Crippen molar-refractivity contribution in [3.63, 3.8) is 0 Å². The van der Waals surface area contributed by atoms with Crippen LogP contribution in [0.5, 0.6) is 0 Å².